The number of unbranched alkanes of at least 4 members (excludes halogenated alkanes) is 2. The van der Waals surface area contributed by atoms with Crippen LogP contribution in [0.2, 0.25) is 0 Å². The Balaban J connectivity index is 1.27. The third-order valence-corrected chi connectivity index (χ3v) is 11.9. The molecule has 5 rings (SSSR count). The highest BCUT2D eigenvalue weighted by atomic mass is 32.2. The summed E-state index contributed by atoms with van der Waals surface area (Å²) in [5, 5.41) is 12.4. The van der Waals surface area contributed by atoms with Crippen LogP contribution in [0.4, 0.5) is 11.4 Å². The number of nitrogens with one attached hydrogen (secondary N) is 1. The second-order valence-corrected chi connectivity index (χ2v) is 17.4. The molecule has 0 saturated carbocycles. The molecule has 0 radical (unpaired) electrons. The normalized spacial score (nSPS) is 17.3. The lowest BCUT2D eigenvalue weighted by molar-refractivity contribution is -0.401. The van der Waals surface area contributed by atoms with E-state index < -0.39 is 31.1 Å². The Labute approximate surface area is 312 Å². The summed E-state index contributed by atoms with van der Waals surface area (Å²) in [5.41, 5.74) is 5.09. The number of fused-ring (bicyclic) bond motifs is 2. The Bertz CT molecular complexity index is 2230. The average molecular weight is 763 g/mol. The van der Waals surface area contributed by atoms with Gasteiger partial charge in [-0.05, 0) is 92.8 Å². The van der Waals surface area contributed by atoms with Crippen molar-refractivity contribution < 1.29 is 40.4 Å². The molecule has 13 heteroatoms. The first kappa shape index (κ1) is 39.6. The molecule has 0 aromatic heterocycles. The summed E-state index contributed by atoms with van der Waals surface area (Å²) >= 11 is 0. The first-order valence-corrected chi connectivity index (χ1v) is 20.4. The van der Waals surface area contributed by atoms with Gasteiger partial charge in [-0.1, -0.05) is 50.6 Å². The summed E-state index contributed by atoms with van der Waals surface area (Å²) in [5.74, 6) is 0.200. The van der Waals surface area contributed by atoms with E-state index in [0.29, 0.717) is 32.4 Å². The number of anilines is 1. The highest BCUT2D eigenvalue weighted by Gasteiger charge is 2.44. The quantitative estimate of drug-likeness (QED) is 0.0613. The molecule has 2 heterocycles. The first-order valence-electron chi connectivity index (χ1n) is 17.5. The van der Waals surface area contributed by atoms with E-state index in [1.54, 1.807) is 24.3 Å². The lowest BCUT2D eigenvalue weighted by Crippen LogP contribution is -2.27. The summed E-state index contributed by atoms with van der Waals surface area (Å²) in [6.07, 6.45) is 13.1. The number of allylic oxidation sites excluding steroid dienone is 6. The van der Waals surface area contributed by atoms with Crippen LogP contribution in [0, 0.1) is 0 Å². The minimum Gasteiger partial charge on any atom is -0.508 e. The third kappa shape index (κ3) is 8.81. The van der Waals surface area contributed by atoms with Crippen molar-refractivity contribution in [3.8, 4) is 5.75 Å². The van der Waals surface area contributed by atoms with E-state index in [1.807, 2.05) is 81.8 Å². The molecule has 0 unspecified atom stereocenters. The Hall–Kier alpha value is -4.56. The van der Waals surface area contributed by atoms with E-state index in [0.717, 1.165) is 52.3 Å². The SMILES string of the molecule is C[N+]1=C(/C=C/C=C/C=C2/N(CCCCCC(=O)NCCc3ccc(O)cc3)c3ccc(S(=O)(=O)O)cc3C2(C)C)C(C)(C)c2cc(S(=O)(=O)O)ccc21. The fraction of sp³-hybridized carbons (Fsp3) is 0.350. The number of rotatable bonds is 14. The Kier molecular flexibility index (Phi) is 11.5. The summed E-state index contributed by atoms with van der Waals surface area (Å²) in [4.78, 5) is 14.3. The van der Waals surface area contributed by atoms with Crippen LogP contribution in [0.1, 0.15) is 70.1 Å². The van der Waals surface area contributed by atoms with Gasteiger partial charge in [-0.15, -0.1) is 0 Å². The maximum atomic E-state index is 12.4. The molecular formula is C40H48N3O8S2+. The monoisotopic (exact) mass is 762 g/mol. The van der Waals surface area contributed by atoms with Crippen LogP contribution in [-0.4, -0.2) is 67.4 Å². The highest BCUT2D eigenvalue weighted by molar-refractivity contribution is 7.86. The van der Waals surface area contributed by atoms with Gasteiger partial charge in [-0.3, -0.25) is 13.9 Å². The van der Waals surface area contributed by atoms with Crippen molar-refractivity contribution in [2.24, 2.45) is 0 Å². The lowest BCUT2D eigenvalue weighted by Gasteiger charge is -2.27. The zero-order chi connectivity index (χ0) is 38.8. The van der Waals surface area contributed by atoms with Gasteiger partial charge < -0.3 is 15.3 Å². The van der Waals surface area contributed by atoms with Gasteiger partial charge in [-0.25, -0.2) is 0 Å². The van der Waals surface area contributed by atoms with Gasteiger partial charge in [0.05, 0.1) is 15.2 Å². The second kappa shape index (κ2) is 15.4. The van der Waals surface area contributed by atoms with E-state index in [-0.39, 0.29) is 21.4 Å². The van der Waals surface area contributed by atoms with Gasteiger partial charge >= 0.3 is 0 Å². The van der Waals surface area contributed by atoms with Gasteiger partial charge in [-0.2, -0.15) is 21.4 Å². The number of phenols is 1. The van der Waals surface area contributed by atoms with E-state index in [2.05, 4.69) is 10.2 Å². The van der Waals surface area contributed by atoms with Crippen LogP contribution in [0.15, 0.2) is 107 Å². The zero-order valence-electron chi connectivity index (χ0n) is 30.7. The van der Waals surface area contributed by atoms with Crippen LogP contribution >= 0.6 is 0 Å². The first-order chi connectivity index (χ1) is 24.8. The zero-order valence-corrected chi connectivity index (χ0v) is 32.3. The Morgan fingerprint density at radius 2 is 1.45 bits per heavy atom. The largest absolute Gasteiger partial charge is 0.508 e. The lowest BCUT2D eigenvalue weighted by atomic mass is 9.81. The highest BCUT2D eigenvalue weighted by Crippen LogP contribution is 2.48. The molecule has 0 aliphatic carbocycles. The number of hydrogen-bond donors (Lipinski definition) is 4. The molecule has 3 aromatic rings. The third-order valence-electron chi connectivity index (χ3n) is 10.2. The number of carbonyl (C=O) groups is 1. The van der Waals surface area contributed by atoms with Gasteiger partial charge in [0, 0.05) is 54.0 Å². The number of carbonyl (C=O) groups excluding carboxylic acids is 1. The molecule has 2 aliphatic rings. The van der Waals surface area contributed by atoms with E-state index in [1.165, 1.54) is 24.3 Å². The molecule has 0 fully saturated rings. The Morgan fingerprint density at radius 3 is 2.11 bits per heavy atom. The molecule has 282 valence electrons. The van der Waals surface area contributed by atoms with Crippen LogP contribution in [0.25, 0.3) is 0 Å². The summed E-state index contributed by atoms with van der Waals surface area (Å²) in [6.45, 7) is 9.18. The Morgan fingerprint density at radius 1 is 0.811 bits per heavy atom. The molecule has 11 nitrogen and oxygen atoms in total. The van der Waals surface area contributed by atoms with E-state index >= 15 is 0 Å². The molecule has 0 atom stereocenters. The van der Waals surface area contributed by atoms with Crippen molar-refractivity contribution in [3.05, 3.63) is 113 Å². The van der Waals surface area contributed by atoms with Crippen LogP contribution in [-0.2, 0) is 42.3 Å². The van der Waals surface area contributed by atoms with Gasteiger partial charge in [0.2, 0.25) is 11.6 Å². The maximum absolute atomic E-state index is 12.4. The summed E-state index contributed by atoms with van der Waals surface area (Å²) in [6, 6.07) is 16.2. The number of benzene rings is 3. The number of phenolic OH excluding ortho intramolecular Hbond substituents is 1. The number of nitrogens with zero attached hydrogens (tertiary/aromatic N) is 2. The van der Waals surface area contributed by atoms with Crippen molar-refractivity contribution >= 4 is 43.2 Å². The topological polar surface area (TPSA) is 164 Å². The smallest absolute Gasteiger partial charge is 0.294 e. The average Bonchev–Trinajstić information content (AvgIpc) is 3.41. The predicted octanol–water partition coefficient (Wildman–Crippen LogP) is 6.61. The van der Waals surface area contributed by atoms with Crippen LogP contribution in [0.3, 0.4) is 0 Å². The van der Waals surface area contributed by atoms with E-state index in [4.69, 9.17) is 0 Å². The molecule has 1 amide bonds. The molecule has 0 saturated heterocycles. The van der Waals surface area contributed by atoms with Crippen molar-refractivity contribution in [2.45, 2.75) is 80.4 Å². The minimum absolute atomic E-state index is 0.00923. The molecule has 4 N–H and O–H groups in total. The van der Waals surface area contributed by atoms with Crippen molar-refractivity contribution in [2.75, 3.05) is 25.0 Å². The summed E-state index contributed by atoms with van der Waals surface area (Å²) in [7, 11) is -6.83. The molecule has 2 aliphatic heterocycles. The van der Waals surface area contributed by atoms with Gasteiger partial charge in [0.15, 0.2) is 5.71 Å². The second-order valence-electron chi connectivity index (χ2n) is 14.5. The number of amides is 1. The van der Waals surface area contributed by atoms with Gasteiger partial charge in [0.25, 0.3) is 20.2 Å². The fourth-order valence-corrected chi connectivity index (χ4v) is 8.23. The van der Waals surface area contributed by atoms with Gasteiger partial charge in [0.1, 0.15) is 12.8 Å². The van der Waals surface area contributed by atoms with E-state index in [9.17, 15) is 35.8 Å². The molecule has 3 aromatic carbocycles. The maximum Gasteiger partial charge on any atom is 0.294 e. The van der Waals surface area contributed by atoms with Crippen LogP contribution < -0.4 is 10.2 Å². The number of hydrogen-bond acceptors (Lipinski definition) is 7. The van der Waals surface area contributed by atoms with Crippen molar-refractivity contribution in [1.29, 1.82) is 0 Å². The van der Waals surface area contributed by atoms with Crippen molar-refractivity contribution in [3.63, 3.8) is 0 Å². The predicted molar refractivity (Wildman–Crippen MR) is 206 cm³/mol. The molecule has 53 heavy (non-hydrogen) atoms. The standard InChI is InChI=1S/C40H47N3O8S2/c1-39(2)32-26-30(52(46,47)48)19-21-34(32)42(5)36(39)12-8-6-9-13-37-40(3,4)33-27-31(53(49,50)51)20-22-35(33)43(37)25-11-7-10-14-38(45)41-24-23-28-15-17-29(44)18-16-28/h6,8-9,12-13,15-22,26-27H,7,10-11,14,23-25H2,1-5H3,(H3-,41,44,45,46,47,48,49,50,51)/p+1. The van der Waals surface area contributed by atoms with Crippen LogP contribution in [0.5, 0.6) is 5.75 Å². The molecular weight excluding hydrogens is 715 g/mol. The fourth-order valence-electron chi connectivity index (χ4n) is 7.22. The minimum atomic E-state index is -4.40. The summed E-state index contributed by atoms with van der Waals surface area (Å²) < 4.78 is 69.0. The number of aromatic hydroxyl groups is 1. The van der Waals surface area contributed by atoms with Crippen molar-refractivity contribution in [1.82, 2.24) is 5.32 Å². The molecule has 0 spiro atoms. The molecule has 0 bridgehead atoms.